The summed E-state index contributed by atoms with van der Waals surface area (Å²) in [4.78, 5) is 39.3. The maximum Gasteiger partial charge on any atom is 0.420 e. The Morgan fingerprint density at radius 3 is 2.48 bits per heavy atom. The van der Waals surface area contributed by atoms with Gasteiger partial charge in [0.1, 0.15) is 6.54 Å². The number of carboxylic acid groups (broad SMARTS) is 1. The van der Waals surface area contributed by atoms with Crippen molar-refractivity contribution in [3.05, 3.63) is 70.2 Å². The van der Waals surface area contributed by atoms with Gasteiger partial charge in [0.2, 0.25) is 5.91 Å². The lowest BCUT2D eigenvalue weighted by atomic mass is 9.93. The summed E-state index contributed by atoms with van der Waals surface area (Å²) < 4.78 is 6.28. The molecule has 8 nitrogen and oxygen atoms in total. The van der Waals surface area contributed by atoms with E-state index in [9.17, 15) is 14.4 Å². The van der Waals surface area contributed by atoms with Crippen LogP contribution in [0, 0.1) is 0 Å². The summed E-state index contributed by atoms with van der Waals surface area (Å²) in [5.74, 6) is -1.88. The predicted molar refractivity (Wildman–Crippen MR) is 122 cm³/mol. The van der Waals surface area contributed by atoms with Gasteiger partial charge in [-0.3, -0.25) is 14.2 Å². The molecule has 2 aromatic carbocycles. The number of hydrogen-bond donors (Lipinski definition) is 2. The lowest BCUT2D eigenvalue weighted by Gasteiger charge is -2.27. The van der Waals surface area contributed by atoms with Gasteiger partial charge in [0.15, 0.2) is 5.58 Å². The van der Waals surface area contributed by atoms with Crippen LogP contribution in [-0.4, -0.2) is 46.1 Å². The van der Waals surface area contributed by atoms with Crippen LogP contribution in [0.25, 0.3) is 11.1 Å². The van der Waals surface area contributed by atoms with Gasteiger partial charge < -0.3 is 19.7 Å². The zero-order valence-corrected chi connectivity index (χ0v) is 18.3. The molecule has 1 aliphatic carbocycles. The summed E-state index contributed by atoms with van der Waals surface area (Å²) in [5.41, 5.74) is 1.90. The average molecular weight is 450 g/mol. The number of fused-ring (bicyclic) bond motifs is 1. The molecule has 172 valence electrons. The van der Waals surface area contributed by atoms with E-state index in [2.05, 4.69) is 10.2 Å². The quantitative estimate of drug-likeness (QED) is 0.548. The standard InChI is InChI=1S/C25H27N3O5/c29-22(30)16-28-20-14-18(8-9-21(20)33-24(28)32)25(10-11-25)23(31)26-19(15-27-12-4-5-13-27)17-6-2-1-3-7-17/h1-3,6-9,14,19H,4-5,10-13,15-16H2,(H,26,31)(H,29,30). The fourth-order valence-corrected chi connectivity index (χ4v) is 4.86. The monoisotopic (exact) mass is 449 g/mol. The first kappa shape index (κ1) is 21.5. The van der Waals surface area contributed by atoms with Crippen molar-refractivity contribution >= 4 is 23.0 Å². The van der Waals surface area contributed by atoms with E-state index in [0.29, 0.717) is 23.9 Å². The SMILES string of the molecule is O=C(O)Cn1c(=O)oc2ccc(C3(C(=O)NC(CN4CCCC4)c4ccccc4)CC3)cc21. The van der Waals surface area contributed by atoms with Crippen molar-refractivity contribution in [1.29, 1.82) is 0 Å². The second-order valence-electron chi connectivity index (χ2n) is 9.06. The minimum atomic E-state index is -1.13. The number of aromatic nitrogens is 1. The number of aliphatic carboxylic acids is 1. The van der Waals surface area contributed by atoms with Crippen LogP contribution in [0.1, 0.15) is 42.9 Å². The Kier molecular flexibility index (Phi) is 5.54. The number of carbonyl (C=O) groups is 2. The highest BCUT2D eigenvalue weighted by molar-refractivity contribution is 5.92. The first-order valence-electron chi connectivity index (χ1n) is 11.4. The highest BCUT2D eigenvalue weighted by atomic mass is 16.4. The Morgan fingerprint density at radius 2 is 1.82 bits per heavy atom. The average Bonchev–Trinajstić information content (AvgIpc) is 3.36. The largest absolute Gasteiger partial charge is 0.480 e. The van der Waals surface area contributed by atoms with E-state index in [1.165, 1.54) is 12.8 Å². The number of nitrogens with one attached hydrogen (secondary N) is 1. The van der Waals surface area contributed by atoms with Gasteiger partial charge in [0, 0.05) is 6.54 Å². The molecule has 1 unspecified atom stereocenters. The molecule has 2 aliphatic rings. The molecule has 1 aliphatic heterocycles. The smallest absolute Gasteiger partial charge is 0.420 e. The molecule has 0 radical (unpaired) electrons. The van der Waals surface area contributed by atoms with Crippen molar-refractivity contribution in [3.8, 4) is 0 Å². The van der Waals surface area contributed by atoms with Gasteiger partial charge in [0.25, 0.3) is 0 Å². The molecule has 3 aromatic rings. The van der Waals surface area contributed by atoms with Crippen LogP contribution in [0.4, 0.5) is 0 Å². The lowest BCUT2D eigenvalue weighted by Crippen LogP contribution is -2.41. The third-order valence-electron chi connectivity index (χ3n) is 6.84. The van der Waals surface area contributed by atoms with E-state index in [-0.39, 0.29) is 11.9 Å². The second kappa shape index (κ2) is 8.51. The molecule has 1 saturated heterocycles. The molecule has 0 bridgehead atoms. The molecule has 1 aromatic heterocycles. The normalized spacial score (nSPS) is 18.3. The topological polar surface area (TPSA) is 105 Å². The predicted octanol–water partition coefficient (Wildman–Crippen LogP) is 2.66. The zero-order chi connectivity index (χ0) is 23.0. The number of oxazole rings is 1. The summed E-state index contributed by atoms with van der Waals surface area (Å²) >= 11 is 0. The summed E-state index contributed by atoms with van der Waals surface area (Å²) in [5, 5.41) is 12.4. The Bertz CT molecular complexity index is 1240. The molecule has 1 atom stereocenters. The first-order chi connectivity index (χ1) is 16.0. The fourth-order valence-electron chi connectivity index (χ4n) is 4.86. The number of hydrogen-bond acceptors (Lipinski definition) is 5. The van der Waals surface area contributed by atoms with Crippen LogP contribution in [0.3, 0.4) is 0 Å². The van der Waals surface area contributed by atoms with Crippen LogP contribution in [0.5, 0.6) is 0 Å². The summed E-state index contributed by atoms with van der Waals surface area (Å²) in [6.07, 6.45) is 3.78. The Balaban J connectivity index is 1.43. The van der Waals surface area contributed by atoms with Crippen LogP contribution < -0.4 is 11.1 Å². The highest BCUT2D eigenvalue weighted by Gasteiger charge is 2.52. The number of likely N-dealkylation sites (tertiary alicyclic amines) is 1. The van der Waals surface area contributed by atoms with Crippen molar-refractivity contribution in [2.24, 2.45) is 0 Å². The van der Waals surface area contributed by atoms with Gasteiger partial charge in [-0.15, -0.1) is 0 Å². The molecular formula is C25H27N3O5. The van der Waals surface area contributed by atoms with Crippen molar-refractivity contribution in [2.75, 3.05) is 19.6 Å². The van der Waals surface area contributed by atoms with Crippen molar-refractivity contribution < 1.29 is 19.1 Å². The van der Waals surface area contributed by atoms with Gasteiger partial charge >= 0.3 is 11.7 Å². The van der Waals surface area contributed by atoms with Crippen molar-refractivity contribution in [2.45, 2.75) is 43.7 Å². The summed E-state index contributed by atoms with van der Waals surface area (Å²) in [7, 11) is 0. The van der Waals surface area contributed by atoms with Crippen molar-refractivity contribution in [1.82, 2.24) is 14.8 Å². The molecule has 0 spiro atoms. The minimum Gasteiger partial charge on any atom is -0.480 e. The van der Waals surface area contributed by atoms with Gasteiger partial charge in [-0.05, 0) is 62.0 Å². The van der Waals surface area contributed by atoms with Crippen LogP contribution >= 0.6 is 0 Å². The van der Waals surface area contributed by atoms with Crippen molar-refractivity contribution in [3.63, 3.8) is 0 Å². The zero-order valence-electron chi connectivity index (χ0n) is 18.3. The highest BCUT2D eigenvalue weighted by Crippen LogP contribution is 2.49. The van der Waals surface area contributed by atoms with Gasteiger partial charge in [-0.2, -0.15) is 0 Å². The molecular weight excluding hydrogens is 422 g/mol. The summed E-state index contributed by atoms with van der Waals surface area (Å²) in [6.45, 7) is 2.37. The Labute approximate surface area is 190 Å². The van der Waals surface area contributed by atoms with E-state index in [4.69, 9.17) is 9.52 Å². The lowest BCUT2D eigenvalue weighted by molar-refractivity contribution is -0.137. The Hall–Kier alpha value is -3.39. The number of amides is 1. The molecule has 1 amide bonds. The molecule has 8 heteroatoms. The van der Waals surface area contributed by atoms with E-state index >= 15 is 0 Å². The van der Waals surface area contributed by atoms with Gasteiger partial charge in [0.05, 0.1) is 17.0 Å². The van der Waals surface area contributed by atoms with Crippen LogP contribution in [0.15, 0.2) is 57.7 Å². The molecule has 2 heterocycles. The second-order valence-corrected chi connectivity index (χ2v) is 9.06. The summed E-state index contributed by atoms with van der Waals surface area (Å²) in [6, 6.07) is 15.1. The molecule has 2 N–H and O–H groups in total. The molecule has 2 fully saturated rings. The third-order valence-corrected chi connectivity index (χ3v) is 6.84. The molecule has 1 saturated carbocycles. The maximum atomic E-state index is 13.6. The van der Waals surface area contributed by atoms with Gasteiger partial charge in [-0.25, -0.2) is 4.79 Å². The fraction of sp³-hybridized carbons (Fsp3) is 0.400. The van der Waals surface area contributed by atoms with E-state index < -0.39 is 23.7 Å². The third kappa shape index (κ3) is 4.18. The minimum absolute atomic E-state index is 0.0365. The number of rotatable bonds is 8. The molecule has 5 rings (SSSR count). The Morgan fingerprint density at radius 1 is 1.09 bits per heavy atom. The van der Waals surface area contributed by atoms with E-state index in [1.54, 1.807) is 18.2 Å². The number of carbonyl (C=O) groups excluding carboxylic acids is 1. The van der Waals surface area contributed by atoms with Crippen LogP contribution in [0.2, 0.25) is 0 Å². The first-order valence-corrected chi connectivity index (χ1v) is 11.4. The molecule has 33 heavy (non-hydrogen) atoms. The van der Waals surface area contributed by atoms with Crippen LogP contribution in [-0.2, 0) is 21.5 Å². The van der Waals surface area contributed by atoms with Gasteiger partial charge in [-0.1, -0.05) is 36.4 Å². The number of carboxylic acids is 1. The van der Waals surface area contributed by atoms with E-state index in [0.717, 1.165) is 35.3 Å². The van der Waals surface area contributed by atoms with E-state index in [1.807, 2.05) is 30.3 Å². The number of nitrogens with zero attached hydrogens (tertiary/aromatic N) is 2. The maximum absolute atomic E-state index is 13.6. The number of benzene rings is 2.